The van der Waals surface area contributed by atoms with Crippen molar-refractivity contribution in [3.05, 3.63) is 0 Å². The lowest BCUT2D eigenvalue weighted by atomic mass is 9.66. The lowest BCUT2D eigenvalue weighted by Gasteiger charge is -2.38. The van der Waals surface area contributed by atoms with Crippen LogP contribution in [-0.4, -0.2) is 6.29 Å². The van der Waals surface area contributed by atoms with Crippen molar-refractivity contribution in [2.45, 2.75) is 64.7 Å². The molecule has 0 radical (unpaired) electrons. The molecule has 2 fully saturated rings. The van der Waals surface area contributed by atoms with Crippen molar-refractivity contribution >= 4 is 6.29 Å². The normalized spacial score (nSPS) is 35.3. The molecule has 86 valence electrons. The van der Waals surface area contributed by atoms with Crippen LogP contribution in [0.4, 0.5) is 0 Å². The summed E-state index contributed by atoms with van der Waals surface area (Å²) in [4.78, 5) is 11.4. The lowest BCUT2D eigenvalue weighted by Crippen LogP contribution is -2.32. The van der Waals surface area contributed by atoms with E-state index in [1.807, 2.05) is 0 Å². The van der Waals surface area contributed by atoms with E-state index < -0.39 is 0 Å². The highest BCUT2D eigenvalue weighted by Gasteiger charge is 2.42. The Morgan fingerprint density at radius 3 is 2.20 bits per heavy atom. The van der Waals surface area contributed by atoms with Crippen molar-refractivity contribution < 1.29 is 4.79 Å². The van der Waals surface area contributed by atoms with Crippen LogP contribution >= 0.6 is 0 Å². The minimum Gasteiger partial charge on any atom is -0.303 e. The molecule has 0 bridgehead atoms. The van der Waals surface area contributed by atoms with Crippen LogP contribution in [-0.2, 0) is 4.79 Å². The molecule has 0 spiro atoms. The maximum Gasteiger partial charge on any atom is 0.126 e. The first-order valence-corrected chi connectivity index (χ1v) is 6.77. The first-order valence-electron chi connectivity index (χ1n) is 6.77. The van der Waals surface area contributed by atoms with Crippen LogP contribution in [0.25, 0.3) is 0 Å². The molecule has 0 unspecified atom stereocenters. The summed E-state index contributed by atoms with van der Waals surface area (Å²) in [7, 11) is 0. The third-order valence-corrected chi connectivity index (χ3v) is 5.01. The topological polar surface area (TPSA) is 17.1 Å². The largest absolute Gasteiger partial charge is 0.303 e. The second-order valence-electron chi connectivity index (χ2n) is 5.68. The van der Waals surface area contributed by atoms with Gasteiger partial charge in [0, 0.05) is 5.41 Å². The van der Waals surface area contributed by atoms with Gasteiger partial charge in [-0.15, -0.1) is 0 Å². The highest BCUT2D eigenvalue weighted by molar-refractivity contribution is 5.60. The molecule has 0 atom stereocenters. The van der Waals surface area contributed by atoms with Gasteiger partial charge >= 0.3 is 0 Å². The summed E-state index contributed by atoms with van der Waals surface area (Å²) in [5, 5.41) is 0. The minimum atomic E-state index is 0.110. The van der Waals surface area contributed by atoms with Crippen LogP contribution in [0, 0.1) is 17.3 Å². The molecule has 1 nitrogen and oxygen atoms in total. The number of hydrogen-bond acceptors (Lipinski definition) is 1. The van der Waals surface area contributed by atoms with Gasteiger partial charge in [-0.2, -0.15) is 0 Å². The van der Waals surface area contributed by atoms with Crippen LogP contribution in [0.15, 0.2) is 0 Å². The Bertz CT molecular complexity index is 207. The van der Waals surface area contributed by atoms with Gasteiger partial charge in [0.05, 0.1) is 0 Å². The first kappa shape index (κ1) is 11.2. The number of carbonyl (C=O) groups excluding carboxylic acids is 1. The van der Waals surface area contributed by atoms with Gasteiger partial charge in [-0.1, -0.05) is 39.0 Å². The second kappa shape index (κ2) is 4.67. The molecular weight excluding hydrogens is 184 g/mol. The molecule has 2 aliphatic carbocycles. The summed E-state index contributed by atoms with van der Waals surface area (Å²) in [6.07, 6.45) is 13.0. The van der Waals surface area contributed by atoms with Crippen molar-refractivity contribution in [2.75, 3.05) is 0 Å². The molecule has 0 aliphatic heterocycles. The van der Waals surface area contributed by atoms with E-state index in [1.165, 1.54) is 64.1 Å². The molecule has 2 aliphatic rings. The van der Waals surface area contributed by atoms with Crippen molar-refractivity contribution in [1.29, 1.82) is 0 Å². The van der Waals surface area contributed by atoms with Gasteiger partial charge in [-0.25, -0.2) is 0 Å². The van der Waals surface area contributed by atoms with Crippen LogP contribution in [0.1, 0.15) is 64.7 Å². The summed E-state index contributed by atoms with van der Waals surface area (Å²) in [5.74, 6) is 1.67. The summed E-state index contributed by atoms with van der Waals surface area (Å²) < 4.78 is 0. The van der Waals surface area contributed by atoms with Crippen LogP contribution < -0.4 is 0 Å². The van der Waals surface area contributed by atoms with Crippen LogP contribution in [0.5, 0.6) is 0 Å². The average Bonchev–Trinajstić information content (AvgIpc) is 2.79. The predicted molar refractivity (Wildman–Crippen MR) is 62.7 cm³/mol. The van der Waals surface area contributed by atoms with Gasteiger partial charge in [0.25, 0.3) is 0 Å². The first-order chi connectivity index (χ1) is 7.30. The molecule has 0 aromatic heterocycles. The maximum atomic E-state index is 11.4. The fourth-order valence-electron chi connectivity index (χ4n) is 3.80. The Labute approximate surface area is 93.6 Å². The zero-order valence-electron chi connectivity index (χ0n) is 10.0. The fraction of sp³-hybridized carbons (Fsp3) is 0.929. The highest BCUT2D eigenvalue weighted by Crippen LogP contribution is 2.49. The molecule has 2 rings (SSSR count). The van der Waals surface area contributed by atoms with Gasteiger partial charge in [0.1, 0.15) is 6.29 Å². The molecule has 0 heterocycles. The van der Waals surface area contributed by atoms with Gasteiger partial charge in [0.2, 0.25) is 0 Å². The van der Waals surface area contributed by atoms with E-state index in [0.29, 0.717) is 0 Å². The highest BCUT2D eigenvalue weighted by atomic mass is 16.1. The van der Waals surface area contributed by atoms with E-state index in [4.69, 9.17) is 0 Å². The summed E-state index contributed by atoms with van der Waals surface area (Å²) in [6.45, 7) is 2.30. The monoisotopic (exact) mass is 208 g/mol. The van der Waals surface area contributed by atoms with Crippen molar-refractivity contribution in [2.24, 2.45) is 17.3 Å². The lowest BCUT2D eigenvalue weighted by molar-refractivity contribution is -0.119. The van der Waals surface area contributed by atoms with E-state index in [2.05, 4.69) is 6.92 Å². The Hall–Kier alpha value is -0.330. The summed E-state index contributed by atoms with van der Waals surface area (Å²) >= 11 is 0. The van der Waals surface area contributed by atoms with Gasteiger partial charge in [-0.3, -0.25) is 0 Å². The van der Waals surface area contributed by atoms with E-state index in [0.717, 1.165) is 11.8 Å². The molecule has 0 N–H and O–H groups in total. The fourth-order valence-corrected chi connectivity index (χ4v) is 3.80. The Morgan fingerprint density at radius 2 is 1.73 bits per heavy atom. The zero-order chi connectivity index (χ0) is 10.7. The smallest absolute Gasteiger partial charge is 0.126 e. The van der Waals surface area contributed by atoms with Gasteiger partial charge in [-0.05, 0) is 37.5 Å². The van der Waals surface area contributed by atoms with E-state index in [9.17, 15) is 4.79 Å². The SMILES string of the molecule is CCC1CCC(C2(C=O)CCCC2)CC1. The molecule has 15 heavy (non-hydrogen) atoms. The van der Waals surface area contributed by atoms with Crippen LogP contribution in [0.3, 0.4) is 0 Å². The number of carbonyl (C=O) groups is 1. The number of hydrogen-bond donors (Lipinski definition) is 0. The molecule has 0 aromatic carbocycles. The molecule has 0 aromatic rings. The Balaban J connectivity index is 1.96. The number of rotatable bonds is 3. The van der Waals surface area contributed by atoms with Crippen molar-refractivity contribution in [1.82, 2.24) is 0 Å². The van der Waals surface area contributed by atoms with E-state index in [-0.39, 0.29) is 5.41 Å². The molecule has 0 saturated heterocycles. The van der Waals surface area contributed by atoms with Crippen molar-refractivity contribution in [3.8, 4) is 0 Å². The quantitative estimate of drug-likeness (QED) is 0.641. The molecular formula is C14H24O. The summed E-state index contributed by atoms with van der Waals surface area (Å²) in [6, 6.07) is 0. The van der Waals surface area contributed by atoms with E-state index in [1.54, 1.807) is 0 Å². The molecule has 2 saturated carbocycles. The maximum absolute atomic E-state index is 11.4. The van der Waals surface area contributed by atoms with Gasteiger partial charge < -0.3 is 4.79 Å². The van der Waals surface area contributed by atoms with Crippen molar-refractivity contribution in [3.63, 3.8) is 0 Å². The van der Waals surface area contributed by atoms with E-state index >= 15 is 0 Å². The summed E-state index contributed by atoms with van der Waals surface area (Å²) in [5.41, 5.74) is 0.110. The Morgan fingerprint density at radius 1 is 1.13 bits per heavy atom. The minimum absolute atomic E-state index is 0.110. The second-order valence-corrected chi connectivity index (χ2v) is 5.68. The number of aldehydes is 1. The third-order valence-electron chi connectivity index (χ3n) is 5.01. The third kappa shape index (κ3) is 2.11. The molecule has 1 heteroatoms. The average molecular weight is 208 g/mol. The van der Waals surface area contributed by atoms with Gasteiger partial charge in [0.15, 0.2) is 0 Å². The standard InChI is InChI=1S/C14H24O/c1-2-12-5-7-13(8-6-12)14(11-15)9-3-4-10-14/h11-13H,2-10H2,1H3. The zero-order valence-corrected chi connectivity index (χ0v) is 10.0. The molecule has 0 amide bonds. The predicted octanol–water partition coefficient (Wildman–Crippen LogP) is 3.96. The Kier molecular flexibility index (Phi) is 3.48. The van der Waals surface area contributed by atoms with Crippen LogP contribution in [0.2, 0.25) is 0 Å².